The average Bonchev–Trinajstić information content (AvgIpc) is 2.29. The van der Waals surface area contributed by atoms with Crippen LogP contribution in [0.15, 0.2) is 24.4 Å². The number of rotatable bonds is 2. The maximum atomic E-state index is 5.86. The van der Waals surface area contributed by atoms with Gasteiger partial charge in [0.2, 0.25) is 5.88 Å². The molecule has 0 aliphatic carbocycles. The van der Waals surface area contributed by atoms with E-state index in [4.69, 9.17) is 15.2 Å². The molecule has 1 aromatic heterocycles. The quantitative estimate of drug-likeness (QED) is 0.810. The number of hydrogen-bond donors (Lipinski definition) is 1. The molecular weight excluding hydrogens is 192 g/mol. The molecule has 4 heteroatoms. The van der Waals surface area contributed by atoms with E-state index in [1.54, 1.807) is 20.4 Å². The third-order valence-electron chi connectivity index (χ3n) is 2.28. The number of ether oxygens (including phenoxy) is 2. The number of anilines is 1. The van der Waals surface area contributed by atoms with Gasteiger partial charge in [0, 0.05) is 5.39 Å². The number of nitrogen functional groups attached to an aromatic ring is 1. The summed E-state index contributed by atoms with van der Waals surface area (Å²) in [6.45, 7) is 0. The van der Waals surface area contributed by atoms with Crippen molar-refractivity contribution in [1.82, 2.24) is 4.98 Å². The fourth-order valence-electron chi connectivity index (χ4n) is 1.60. The zero-order valence-electron chi connectivity index (χ0n) is 8.65. The Bertz CT molecular complexity index is 497. The first kappa shape index (κ1) is 9.58. The van der Waals surface area contributed by atoms with Gasteiger partial charge in [-0.3, -0.25) is 0 Å². The van der Waals surface area contributed by atoms with Crippen molar-refractivity contribution in [2.24, 2.45) is 0 Å². The molecule has 0 radical (unpaired) electrons. The van der Waals surface area contributed by atoms with E-state index in [2.05, 4.69) is 4.98 Å². The molecule has 0 unspecified atom stereocenters. The number of methoxy groups -OCH3 is 2. The van der Waals surface area contributed by atoms with Crippen LogP contribution < -0.4 is 15.2 Å². The molecule has 1 aromatic carbocycles. The summed E-state index contributed by atoms with van der Waals surface area (Å²) in [5.41, 5.74) is 6.44. The Kier molecular flexibility index (Phi) is 2.33. The molecule has 2 N–H and O–H groups in total. The highest BCUT2D eigenvalue weighted by Crippen LogP contribution is 2.34. The van der Waals surface area contributed by atoms with Gasteiger partial charge in [0.1, 0.15) is 5.75 Å². The topological polar surface area (TPSA) is 57.4 Å². The van der Waals surface area contributed by atoms with Crippen molar-refractivity contribution in [3.63, 3.8) is 0 Å². The second-order valence-electron chi connectivity index (χ2n) is 3.11. The highest BCUT2D eigenvalue weighted by Gasteiger charge is 2.09. The Morgan fingerprint density at radius 2 is 2.00 bits per heavy atom. The number of aromatic nitrogens is 1. The van der Waals surface area contributed by atoms with Gasteiger partial charge in [0.15, 0.2) is 0 Å². The molecule has 0 spiro atoms. The molecule has 0 fully saturated rings. The Balaban J connectivity index is 2.86. The Morgan fingerprint density at radius 1 is 1.20 bits per heavy atom. The summed E-state index contributed by atoms with van der Waals surface area (Å²) in [4.78, 5) is 4.10. The van der Waals surface area contributed by atoms with E-state index in [0.717, 1.165) is 16.5 Å². The van der Waals surface area contributed by atoms with Crippen LogP contribution in [0.4, 0.5) is 5.69 Å². The fraction of sp³-hybridized carbons (Fsp3) is 0.182. The van der Waals surface area contributed by atoms with E-state index in [-0.39, 0.29) is 0 Å². The maximum absolute atomic E-state index is 5.86. The van der Waals surface area contributed by atoms with Crippen LogP contribution >= 0.6 is 0 Å². The van der Waals surface area contributed by atoms with Crippen molar-refractivity contribution in [1.29, 1.82) is 0 Å². The third kappa shape index (κ3) is 1.44. The third-order valence-corrected chi connectivity index (χ3v) is 2.28. The van der Waals surface area contributed by atoms with E-state index >= 15 is 0 Å². The minimum atomic E-state index is 0.554. The minimum absolute atomic E-state index is 0.554. The number of fused-ring (bicyclic) bond motifs is 1. The molecule has 0 amide bonds. The summed E-state index contributed by atoms with van der Waals surface area (Å²) in [6, 6.07) is 5.64. The van der Waals surface area contributed by atoms with Crippen molar-refractivity contribution < 1.29 is 9.47 Å². The molecule has 0 saturated heterocycles. The molecule has 0 aliphatic rings. The van der Waals surface area contributed by atoms with Crippen LogP contribution in [-0.4, -0.2) is 19.2 Å². The van der Waals surface area contributed by atoms with Gasteiger partial charge in [-0.1, -0.05) is 6.07 Å². The number of nitrogens with two attached hydrogens (primary N) is 1. The standard InChI is InChI=1S/C11H12N2O2/c1-14-9-5-3-4-7-10(9)8(12)6-13-11(7)15-2/h3-6H,12H2,1-2H3. The van der Waals surface area contributed by atoms with E-state index in [0.29, 0.717) is 11.6 Å². The molecular formula is C11H12N2O2. The fourth-order valence-corrected chi connectivity index (χ4v) is 1.60. The molecule has 0 atom stereocenters. The normalized spacial score (nSPS) is 10.3. The smallest absolute Gasteiger partial charge is 0.221 e. The van der Waals surface area contributed by atoms with Crippen LogP contribution in [0.25, 0.3) is 10.8 Å². The SMILES string of the molecule is COc1ncc(N)c2c(OC)cccc12. The minimum Gasteiger partial charge on any atom is -0.496 e. The monoisotopic (exact) mass is 204 g/mol. The summed E-state index contributed by atoms with van der Waals surface area (Å²) in [7, 11) is 3.19. The van der Waals surface area contributed by atoms with Crippen LogP contribution in [0, 0.1) is 0 Å². The average molecular weight is 204 g/mol. The molecule has 78 valence electrons. The second-order valence-corrected chi connectivity index (χ2v) is 3.11. The van der Waals surface area contributed by atoms with E-state index in [1.165, 1.54) is 0 Å². The van der Waals surface area contributed by atoms with Gasteiger partial charge in [0.05, 0.1) is 31.5 Å². The molecule has 0 aliphatic heterocycles. The maximum Gasteiger partial charge on any atom is 0.221 e. The molecule has 2 rings (SSSR count). The lowest BCUT2D eigenvalue weighted by Crippen LogP contribution is -1.96. The summed E-state index contributed by atoms with van der Waals surface area (Å²) in [6.07, 6.45) is 1.57. The Hall–Kier alpha value is -1.97. The number of hydrogen-bond acceptors (Lipinski definition) is 4. The second kappa shape index (κ2) is 3.65. The lowest BCUT2D eigenvalue weighted by molar-refractivity contribution is 0.402. The molecule has 0 bridgehead atoms. The predicted molar refractivity (Wildman–Crippen MR) is 59.3 cm³/mol. The summed E-state index contributed by atoms with van der Waals surface area (Å²) < 4.78 is 10.4. The van der Waals surface area contributed by atoms with Gasteiger partial charge in [-0.2, -0.15) is 0 Å². The van der Waals surface area contributed by atoms with Crippen LogP contribution in [-0.2, 0) is 0 Å². The summed E-state index contributed by atoms with van der Waals surface area (Å²) in [5, 5.41) is 1.70. The highest BCUT2D eigenvalue weighted by atomic mass is 16.5. The Morgan fingerprint density at radius 3 is 2.67 bits per heavy atom. The van der Waals surface area contributed by atoms with E-state index in [1.807, 2.05) is 18.2 Å². The van der Waals surface area contributed by atoms with E-state index in [9.17, 15) is 0 Å². The van der Waals surface area contributed by atoms with Crippen molar-refractivity contribution >= 4 is 16.5 Å². The molecule has 2 aromatic rings. The van der Waals surface area contributed by atoms with Gasteiger partial charge < -0.3 is 15.2 Å². The van der Waals surface area contributed by atoms with Crippen LogP contribution in [0.5, 0.6) is 11.6 Å². The first-order valence-electron chi connectivity index (χ1n) is 4.53. The lowest BCUT2D eigenvalue weighted by Gasteiger charge is -2.09. The Labute approximate surface area is 87.6 Å². The molecule has 15 heavy (non-hydrogen) atoms. The van der Waals surface area contributed by atoms with Gasteiger partial charge in [-0.05, 0) is 12.1 Å². The summed E-state index contributed by atoms with van der Waals surface area (Å²) >= 11 is 0. The largest absolute Gasteiger partial charge is 0.496 e. The number of nitrogens with zero attached hydrogens (tertiary/aromatic N) is 1. The van der Waals surface area contributed by atoms with Gasteiger partial charge in [-0.15, -0.1) is 0 Å². The lowest BCUT2D eigenvalue weighted by atomic mass is 10.1. The molecule has 0 saturated carbocycles. The zero-order valence-corrected chi connectivity index (χ0v) is 8.65. The van der Waals surface area contributed by atoms with Crippen LogP contribution in [0.3, 0.4) is 0 Å². The highest BCUT2D eigenvalue weighted by molar-refractivity contribution is 6.00. The molecule has 1 heterocycles. The zero-order chi connectivity index (χ0) is 10.8. The first-order valence-corrected chi connectivity index (χ1v) is 4.53. The van der Waals surface area contributed by atoms with Crippen molar-refractivity contribution in [2.45, 2.75) is 0 Å². The first-order chi connectivity index (χ1) is 7.27. The van der Waals surface area contributed by atoms with Crippen LogP contribution in [0.2, 0.25) is 0 Å². The van der Waals surface area contributed by atoms with Gasteiger partial charge in [-0.25, -0.2) is 4.98 Å². The number of benzene rings is 1. The summed E-state index contributed by atoms with van der Waals surface area (Å²) in [5.74, 6) is 1.28. The number of pyridine rings is 1. The van der Waals surface area contributed by atoms with Crippen molar-refractivity contribution in [3.8, 4) is 11.6 Å². The molecule has 4 nitrogen and oxygen atoms in total. The van der Waals surface area contributed by atoms with Crippen molar-refractivity contribution in [2.75, 3.05) is 20.0 Å². The van der Waals surface area contributed by atoms with Crippen molar-refractivity contribution in [3.05, 3.63) is 24.4 Å². The van der Waals surface area contributed by atoms with Gasteiger partial charge in [0.25, 0.3) is 0 Å². The van der Waals surface area contributed by atoms with Gasteiger partial charge >= 0.3 is 0 Å². The van der Waals surface area contributed by atoms with Crippen LogP contribution in [0.1, 0.15) is 0 Å². The van der Waals surface area contributed by atoms with E-state index < -0.39 is 0 Å². The predicted octanol–water partition coefficient (Wildman–Crippen LogP) is 1.83.